The molecule has 2 aromatic carbocycles. The van der Waals surface area contributed by atoms with E-state index in [-0.39, 0.29) is 31.1 Å². The molecule has 0 unspecified atom stereocenters. The minimum atomic E-state index is -3.88. The average molecular weight is 785 g/mol. The summed E-state index contributed by atoms with van der Waals surface area (Å²) in [6.45, 7) is 14.8. The molecule has 2 N–H and O–H groups in total. The van der Waals surface area contributed by atoms with Crippen molar-refractivity contribution in [2.24, 2.45) is 11.1 Å². The van der Waals surface area contributed by atoms with Crippen LogP contribution in [0.2, 0.25) is 0 Å². The number of aryl methyl sites for hydroxylation is 2. The number of methoxy groups -OCH3 is 2. The number of pyridine rings is 1. The molecule has 2 amide bonds. The first-order valence-electron chi connectivity index (χ1n) is 17.6. The summed E-state index contributed by atoms with van der Waals surface area (Å²) in [7, 11) is -1.41. The molecule has 0 bridgehead atoms. The Kier molecular flexibility index (Phi) is 12.5. The maximum atomic E-state index is 13.3. The predicted octanol–water partition coefficient (Wildman–Crippen LogP) is 4.72. The molecule has 300 valence electrons. The fourth-order valence-electron chi connectivity index (χ4n) is 6.13. The number of rotatable bonds is 8. The number of para-hydroxylation sites is 1. The van der Waals surface area contributed by atoms with E-state index < -0.39 is 61.9 Å². The molecule has 2 saturated heterocycles. The van der Waals surface area contributed by atoms with Gasteiger partial charge in [-0.05, 0) is 91.3 Å². The van der Waals surface area contributed by atoms with Gasteiger partial charge in [0, 0.05) is 29.7 Å². The van der Waals surface area contributed by atoms with Gasteiger partial charge < -0.3 is 39.2 Å². The first-order chi connectivity index (χ1) is 25.4. The maximum absolute atomic E-state index is 13.3. The third-order valence-electron chi connectivity index (χ3n) is 8.75. The van der Waals surface area contributed by atoms with Gasteiger partial charge >= 0.3 is 24.1 Å². The summed E-state index contributed by atoms with van der Waals surface area (Å²) >= 11 is 0. The van der Waals surface area contributed by atoms with Crippen molar-refractivity contribution < 1.29 is 51.3 Å². The van der Waals surface area contributed by atoms with Crippen LogP contribution in [0.15, 0.2) is 53.4 Å². The number of fused-ring (bicyclic) bond motifs is 1. The first kappa shape index (κ1) is 42.8. The van der Waals surface area contributed by atoms with E-state index in [9.17, 15) is 27.6 Å². The van der Waals surface area contributed by atoms with Crippen LogP contribution in [0, 0.1) is 19.3 Å². The van der Waals surface area contributed by atoms with Gasteiger partial charge in [-0.25, -0.2) is 22.8 Å². The van der Waals surface area contributed by atoms with Crippen molar-refractivity contribution in [2.75, 3.05) is 46.2 Å². The van der Waals surface area contributed by atoms with Crippen molar-refractivity contribution in [1.29, 1.82) is 0 Å². The van der Waals surface area contributed by atoms with Crippen molar-refractivity contribution in [2.45, 2.75) is 83.6 Å². The van der Waals surface area contributed by atoms with Crippen LogP contribution in [0.5, 0.6) is 5.75 Å². The van der Waals surface area contributed by atoms with Gasteiger partial charge in [0.2, 0.25) is 0 Å². The van der Waals surface area contributed by atoms with Crippen LogP contribution in [-0.2, 0) is 45.0 Å². The molecule has 16 heteroatoms. The topological polar surface area (TPSA) is 194 Å². The number of esters is 2. The van der Waals surface area contributed by atoms with E-state index in [1.165, 1.54) is 36.2 Å². The first-order valence-corrected chi connectivity index (χ1v) is 19.3. The summed E-state index contributed by atoms with van der Waals surface area (Å²) in [6, 6.07) is 14.1. The zero-order chi connectivity index (χ0) is 41.1. The van der Waals surface area contributed by atoms with Gasteiger partial charge in [0.05, 0.1) is 43.5 Å². The Labute approximate surface area is 322 Å². The van der Waals surface area contributed by atoms with Gasteiger partial charge in [-0.1, -0.05) is 18.2 Å². The van der Waals surface area contributed by atoms with E-state index in [0.29, 0.717) is 12.4 Å². The number of ether oxygens (including phenoxy) is 5. The van der Waals surface area contributed by atoms with E-state index in [1.807, 2.05) is 38.1 Å². The van der Waals surface area contributed by atoms with E-state index in [0.717, 1.165) is 27.7 Å². The minimum absolute atomic E-state index is 0.0506. The van der Waals surface area contributed by atoms with Crippen LogP contribution >= 0.6 is 0 Å². The monoisotopic (exact) mass is 784 g/mol. The zero-order valence-electron chi connectivity index (χ0n) is 33.2. The number of hydrogen-bond acceptors (Lipinski definition) is 13. The lowest BCUT2D eigenvalue weighted by molar-refractivity contribution is -0.160. The minimum Gasteiger partial charge on any atom is -0.489 e. The van der Waals surface area contributed by atoms with Gasteiger partial charge in [-0.15, -0.1) is 0 Å². The molecular formula is C39H52N4O11S. The standard InChI is InChI=1S/C29H34N2O7S.C10H18N2O4/c1-19-8-7-9-24-21(14-20(2)30-25(19)24)15-37-22-10-12-23(13-11-22)39(34,35)18-29(26(32)36-6)16-31(17-29)27(33)38-28(3,4)5;1-9(2,3)16-8(14)12-5-10(11,6-12)7(13)15-4/h7-14H,15-18H2,1-6H3;5-6,11H2,1-4H3. The second-order valence-corrected chi connectivity index (χ2v) is 18.0. The number of sulfone groups is 1. The molecule has 2 aliphatic rings. The van der Waals surface area contributed by atoms with Crippen LogP contribution in [0.4, 0.5) is 9.59 Å². The smallest absolute Gasteiger partial charge is 0.410 e. The molecule has 0 aliphatic carbocycles. The normalized spacial score (nSPS) is 16.1. The Morgan fingerprint density at radius 1 is 0.800 bits per heavy atom. The van der Waals surface area contributed by atoms with Gasteiger partial charge in [-0.3, -0.25) is 9.78 Å². The number of nitrogens with zero attached hydrogens (tertiary/aromatic N) is 3. The zero-order valence-corrected chi connectivity index (χ0v) is 34.0. The van der Waals surface area contributed by atoms with Crippen LogP contribution in [0.3, 0.4) is 0 Å². The summed E-state index contributed by atoms with van der Waals surface area (Å²) in [5.41, 5.74) is 5.91. The molecule has 1 aromatic heterocycles. The summed E-state index contributed by atoms with van der Waals surface area (Å²) < 4.78 is 52.4. The maximum Gasteiger partial charge on any atom is 0.410 e. The number of likely N-dealkylation sites (tertiary alicyclic amines) is 2. The molecule has 2 aliphatic heterocycles. The van der Waals surface area contributed by atoms with Crippen molar-refractivity contribution in [3.05, 3.63) is 65.4 Å². The molecule has 3 heterocycles. The highest BCUT2D eigenvalue weighted by molar-refractivity contribution is 7.91. The van der Waals surface area contributed by atoms with Gasteiger partial charge in [0.1, 0.15) is 29.0 Å². The SMILES string of the molecule is COC(=O)C1(CS(=O)(=O)c2ccc(OCc3cc(C)nc4c(C)cccc34)cc2)CN(C(=O)OC(C)(C)C)C1.COC(=O)C1(N)CN(C(=O)OC(C)(C)C)C1. The number of benzene rings is 2. The molecule has 55 heavy (non-hydrogen) atoms. The highest BCUT2D eigenvalue weighted by Crippen LogP contribution is 2.36. The Hall–Kier alpha value is -4.96. The predicted molar refractivity (Wildman–Crippen MR) is 203 cm³/mol. The van der Waals surface area contributed by atoms with Gasteiger partial charge in [0.25, 0.3) is 0 Å². The van der Waals surface area contributed by atoms with E-state index in [2.05, 4.69) is 9.72 Å². The van der Waals surface area contributed by atoms with E-state index in [1.54, 1.807) is 53.7 Å². The van der Waals surface area contributed by atoms with Crippen molar-refractivity contribution in [3.8, 4) is 5.75 Å². The van der Waals surface area contributed by atoms with Gasteiger partial charge in [-0.2, -0.15) is 0 Å². The number of carbonyl (C=O) groups is 4. The van der Waals surface area contributed by atoms with Crippen LogP contribution in [0.25, 0.3) is 10.9 Å². The van der Waals surface area contributed by atoms with Crippen molar-refractivity contribution in [3.63, 3.8) is 0 Å². The number of amides is 2. The van der Waals surface area contributed by atoms with Crippen molar-refractivity contribution >= 4 is 44.9 Å². The third-order valence-corrected chi connectivity index (χ3v) is 10.7. The molecule has 2 fully saturated rings. The number of carbonyl (C=O) groups excluding carboxylic acids is 4. The summed E-state index contributed by atoms with van der Waals surface area (Å²) in [5.74, 6) is -1.17. The molecule has 5 rings (SSSR count). The molecular weight excluding hydrogens is 733 g/mol. The molecule has 0 saturated carbocycles. The lowest BCUT2D eigenvalue weighted by atomic mass is 9.82. The third kappa shape index (κ3) is 10.4. The number of hydrogen-bond donors (Lipinski definition) is 1. The van der Waals surface area contributed by atoms with Crippen LogP contribution < -0.4 is 10.5 Å². The Bertz CT molecular complexity index is 2030. The Morgan fingerprint density at radius 3 is 1.84 bits per heavy atom. The van der Waals surface area contributed by atoms with Gasteiger partial charge in [0.15, 0.2) is 15.4 Å². The average Bonchev–Trinajstić information content (AvgIpc) is 3.05. The second-order valence-electron chi connectivity index (χ2n) is 16.0. The summed E-state index contributed by atoms with van der Waals surface area (Å²) in [5, 5.41) is 1.01. The Morgan fingerprint density at radius 2 is 1.33 bits per heavy atom. The fourth-order valence-corrected chi connectivity index (χ4v) is 7.88. The number of nitrogens with two attached hydrogens (primary N) is 1. The van der Waals surface area contributed by atoms with Crippen LogP contribution in [0.1, 0.15) is 58.4 Å². The molecule has 3 aromatic rings. The molecule has 15 nitrogen and oxygen atoms in total. The van der Waals surface area contributed by atoms with Crippen LogP contribution in [-0.4, -0.2) is 110 Å². The highest BCUT2D eigenvalue weighted by atomic mass is 32.2. The van der Waals surface area contributed by atoms with Crippen molar-refractivity contribution in [1.82, 2.24) is 14.8 Å². The second kappa shape index (κ2) is 16.0. The van der Waals surface area contributed by atoms with E-state index >= 15 is 0 Å². The molecule has 0 spiro atoms. The molecule has 0 atom stereocenters. The Balaban J connectivity index is 0.000000352. The summed E-state index contributed by atoms with van der Waals surface area (Å²) in [6.07, 6.45) is -1.06. The fraction of sp³-hybridized carbons (Fsp3) is 0.513. The largest absolute Gasteiger partial charge is 0.489 e. The highest BCUT2D eigenvalue weighted by Gasteiger charge is 2.55. The summed E-state index contributed by atoms with van der Waals surface area (Å²) in [4.78, 5) is 55.1. The number of aromatic nitrogens is 1. The lowest BCUT2D eigenvalue weighted by Crippen LogP contribution is -2.73. The quantitative estimate of drug-likeness (QED) is 0.244. The van der Waals surface area contributed by atoms with E-state index in [4.69, 9.17) is 24.7 Å². The lowest BCUT2D eigenvalue weighted by Gasteiger charge is -2.47. The molecule has 0 radical (unpaired) electrons.